The molecule has 0 aliphatic carbocycles. The molecule has 2 amide bonds. The van der Waals surface area contributed by atoms with Crippen molar-refractivity contribution in [2.24, 2.45) is 0 Å². The summed E-state index contributed by atoms with van der Waals surface area (Å²) in [5, 5.41) is 0.564. The second kappa shape index (κ2) is 9.23. The molecule has 0 saturated carbocycles. The smallest absolute Gasteiger partial charge is 0.224 e. The molecule has 0 bridgehead atoms. The van der Waals surface area contributed by atoms with Crippen LogP contribution in [-0.4, -0.2) is 29.8 Å². The van der Waals surface area contributed by atoms with Gasteiger partial charge in [0.15, 0.2) is 0 Å². The summed E-state index contributed by atoms with van der Waals surface area (Å²) in [5.41, 5.74) is 1.80. The monoisotopic (exact) mass is 358 g/mol. The van der Waals surface area contributed by atoms with E-state index in [2.05, 4.69) is 0 Å². The average molecular weight is 359 g/mol. The Labute approximate surface area is 154 Å². The van der Waals surface area contributed by atoms with Crippen LogP contribution in [0.4, 0.5) is 5.69 Å². The Hall–Kier alpha value is -2.33. The summed E-state index contributed by atoms with van der Waals surface area (Å²) in [4.78, 5) is 27.9. The van der Waals surface area contributed by atoms with Crippen molar-refractivity contribution in [3.63, 3.8) is 0 Å². The first-order valence-corrected chi connectivity index (χ1v) is 8.74. The van der Waals surface area contributed by atoms with Crippen LogP contribution in [0.15, 0.2) is 54.6 Å². The van der Waals surface area contributed by atoms with Crippen LogP contribution in [0.25, 0.3) is 0 Å². The summed E-state index contributed by atoms with van der Waals surface area (Å²) >= 11 is 6.01. The first kappa shape index (κ1) is 19.0. The Morgan fingerprint density at radius 2 is 1.76 bits per heavy atom. The standard InChI is InChI=1S/C20H23ClN2O2/c1-3-22(15-17-8-5-4-6-9-17)20(25)12-13-23(16(2)24)19-11-7-10-18(21)14-19/h4-11,14H,3,12-13,15H2,1-2H3. The number of nitrogens with zero attached hydrogens (tertiary/aromatic N) is 2. The fraction of sp³-hybridized carbons (Fsp3) is 0.300. The number of carbonyl (C=O) groups excluding carboxylic acids is 2. The number of amides is 2. The normalized spacial score (nSPS) is 10.4. The zero-order chi connectivity index (χ0) is 18.2. The van der Waals surface area contributed by atoms with Crippen LogP contribution in [0.2, 0.25) is 5.02 Å². The maximum absolute atomic E-state index is 12.6. The molecule has 132 valence electrons. The Balaban J connectivity index is 2.01. The van der Waals surface area contributed by atoms with Gasteiger partial charge in [0.1, 0.15) is 0 Å². The van der Waals surface area contributed by atoms with Gasteiger partial charge in [0, 0.05) is 43.7 Å². The molecule has 0 aliphatic heterocycles. The quantitative estimate of drug-likeness (QED) is 0.746. The minimum Gasteiger partial charge on any atom is -0.339 e. The molecule has 0 radical (unpaired) electrons. The molecule has 0 fully saturated rings. The van der Waals surface area contributed by atoms with Crippen LogP contribution >= 0.6 is 11.6 Å². The van der Waals surface area contributed by atoms with Gasteiger partial charge < -0.3 is 9.80 Å². The minimum absolute atomic E-state index is 0.0274. The minimum atomic E-state index is -0.110. The van der Waals surface area contributed by atoms with E-state index in [1.807, 2.05) is 43.3 Å². The zero-order valence-electron chi connectivity index (χ0n) is 14.6. The molecular weight excluding hydrogens is 336 g/mol. The number of carbonyl (C=O) groups is 2. The number of rotatable bonds is 7. The van der Waals surface area contributed by atoms with Gasteiger partial charge in [-0.3, -0.25) is 9.59 Å². The number of halogens is 1. The first-order valence-electron chi connectivity index (χ1n) is 8.36. The molecule has 0 unspecified atom stereocenters. The van der Waals surface area contributed by atoms with Crippen LogP contribution in [0.3, 0.4) is 0 Å². The highest BCUT2D eigenvalue weighted by Gasteiger charge is 2.17. The van der Waals surface area contributed by atoms with Gasteiger partial charge in [-0.1, -0.05) is 48.0 Å². The largest absolute Gasteiger partial charge is 0.339 e. The predicted molar refractivity (Wildman–Crippen MR) is 102 cm³/mol. The highest BCUT2D eigenvalue weighted by atomic mass is 35.5. The lowest BCUT2D eigenvalue weighted by molar-refractivity contribution is -0.131. The summed E-state index contributed by atoms with van der Waals surface area (Å²) < 4.78 is 0. The lowest BCUT2D eigenvalue weighted by Crippen LogP contribution is -2.36. The Morgan fingerprint density at radius 3 is 2.36 bits per heavy atom. The van der Waals surface area contributed by atoms with E-state index in [1.165, 1.54) is 6.92 Å². The van der Waals surface area contributed by atoms with E-state index < -0.39 is 0 Å². The maximum atomic E-state index is 12.6. The van der Waals surface area contributed by atoms with Gasteiger partial charge in [0.2, 0.25) is 11.8 Å². The van der Waals surface area contributed by atoms with Crippen molar-refractivity contribution in [2.45, 2.75) is 26.8 Å². The molecule has 0 heterocycles. The van der Waals surface area contributed by atoms with Gasteiger partial charge in [-0.25, -0.2) is 0 Å². The van der Waals surface area contributed by atoms with Crippen molar-refractivity contribution < 1.29 is 9.59 Å². The maximum Gasteiger partial charge on any atom is 0.224 e. The molecule has 0 atom stereocenters. The van der Waals surface area contributed by atoms with E-state index in [-0.39, 0.29) is 18.2 Å². The van der Waals surface area contributed by atoms with E-state index in [9.17, 15) is 9.59 Å². The molecule has 0 spiro atoms. The van der Waals surface area contributed by atoms with Crippen LogP contribution < -0.4 is 4.90 Å². The highest BCUT2D eigenvalue weighted by molar-refractivity contribution is 6.30. The zero-order valence-corrected chi connectivity index (χ0v) is 15.4. The molecule has 5 heteroatoms. The van der Waals surface area contributed by atoms with Gasteiger partial charge in [-0.05, 0) is 30.7 Å². The number of anilines is 1. The Bertz CT molecular complexity index is 719. The lowest BCUT2D eigenvalue weighted by atomic mass is 10.2. The lowest BCUT2D eigenvalue weighted by Gasteiger charge is -2.25. The predicted octanol–water partition coefficient (Wildman–Crippen LogP) is 4.13. The molecule has 0 aromatic heterocycles. The van der Waals surface area contributed by atoms with Crippen LogP contribution in [0, 0.1) is 0 Å². The number of benzene rings is 2. The SMILES string of the molecule is CCN(Cc1ccccc1)C(=O)CCN(C(C)=O)c1cccc(Cl)c1. The molecule has 2 aromatic carbocycles. The second-order valence-corrected chi connectivity index (χ2v) is 6.23. The summed E-state index contributed by atoms with van der Waals surface area (Å²) in [6.07, 6.45) is 0.271. The summed E-state index contributed by atoms with van der Waals surface area (Å²) in [6, 6.07) is 17.0. The first-order chi connectivity index (χ1) is 12.0. The third-order valence-corrected chi connectivity index (χ3v) is 4.24. The van der Waals surface area contributed by atoms with Crippen LogP contribution in [0.1, 0.15) is 25.8 Å². The van der Waals surface area contributed by atoms with Crippen molar-refractivity contribution in [3.8, 4) is 0 Å². The molecular formula is C20H23ClN2O2. The molecule has 0 aliphatic rings. The topological polar surface area (TPSA) is 40.6 Å². The third kappa shape index (κ3) is 5.61. The van der Waals surface area contributed by atoms with E-state index >= 15 is 0 Å². The van der Waals surface area contributed by atoms with Gasteiger partial charge in [0.25, 0.3) is 0 Å². The van der Waals surface area contributed by atoms with E-state index in [1.54, 1.807) is 28.0 Å². The van der Waals surface area contributed by atoms with Crippen molar-refractivity contribution in [3.05, 3.63) is 65.2 Å². The summed E-state index contributed by atoms with van der Waals surface area (Å²) in [7, 11) is 0. The molecule has 2 aromatic rings. The summed E-state index contributed by atoms with van der Waals surface area (Å²) in [6.45, 7) is 4.99. The molecule has 4 nitrogen and oxygen atoms in total. The molecule has 2 rings (SSSR count). The van der Waals surface area contributed by atoms with Gasteiger partial charge in [-0.2, -0.15) is 0 Å². The van der Waals surface area contributed by atoms with Crippen molar-refractivity contribution in [1.82, 2.24) is 4.90 Å². The van der Waals surface area contributed by atoms with Crippen molar-refractivity contribution in [1.29, 1.82) is 0 Å². The van der Waals surface area contributed by atoms with E-state index in [0.717, 1.165) is 5.56 Å². The van der Waals surface area contributed by atoms with Gasteiger partial charge >= 0.3 is 0 Å². The van der Waals surface area contributed by atoms with Crippen molar-refractivity contribution in [2.75, 3.05) is 18.0 Å². The van der Waals surface area contributed by atoms with Gasteiger partial charge in [0.05, 0.1) is 0 Å². The fourth-order valence-corrected chi connectivity index (χ4v) is 2.84. The highest BCUT2D eigenvalue weighted by Crippen LogP contribution is 2.20. The molecule has 0 saturated heterocycles. The van der Waals surface area contributed by atoms with Crippen LogP contribution in [-0.2, 0) is 16.1 Å². The fourth-order valence-electron chi connectivity index (χ4n) is 2.66. The summed E-state index contributed by atoms with van der Waals surface area (Å²) in [5.74, 6) is -0.0826. The van der Waals surface area contributed by atoms with E-state index in [4.69, 9.17) is 11.6 Å². The number of hydrogen-bond donors (Lipinski definition) is 0. The molecule has 25 heavy (non-hydrogen) atoms. The van der Waals surface area contributed by atoms with Gasteiger partial charge in [-0.15, -0.1) is 0 Å². The Kier molecular flexibility index (Phi) is 7.02. The number of hydrogen-bond acceptors (Lipinski definition) is 2. The second-order valence-electron chi connectivity index (χ2n) is 5.79. The Morgan fingerprint density at radius 1 is 1.04 bits per heavy atom. The van der Waals surface area contributed by atoms with Crippen molar-refractivity contribution >= 4 is 29.1 Å². The molecule has 0 N–H and O–H groups in total. The average Bonchev–Trinajstić information content (AvgIpc) is 2.60. The van der Waals surface area contributed by atoms with E-state index in [0.29, 0.717) is 30.3 Å². The third-order valence-electron chi connectivity index (χ3n) is 4.00. The van der Waals surface area contributed by atoms with Crippen LogP contribution in [0.5, 0.6) is 0 Å².